The molecule has 0 bridgehead atoms. The highest BCUT2D eigenvalue weighted by Crippen LogP contribution is 2.29. The first kappa shape index (κ1) is 13.4. The van der Waals surface area contributed by atoms with Crippen molar-refractivity contribution in [2.75, 3.05) is 20.1 Å². The Morgan fingerprint density at radius 2 is 1.94 bits per heavy atom. The number of halogens is 3. The van der Waals surface area contributed by atoms with E-state index < -0.39 is 11.7 Å². The zero-order chi connectivity index (χ0) is 13.2. The van der Waals surface area contributed by atoms with Gasteiger partial charge in [-0.05, 0) is 37.7 Å². The number of hydrogen-bond donors (Lipinski definition) is 1. The first-order chi connectivity index (χ1) is 8.45. The van der Waals surface area contributed by atoms with E-state index in [1.54, 1.807) is 0 Å². The van der Waals surface area contributed by atoms with Gasteiger partial charge in [-0.15, -0.1) is 0 Å². The maximum Gasteiger partial charge on any atom is 0.416 e. The molecule has 0 radical (unpaired) electrons. The summed E-state index contributed by atoms with van der Waals surface area (Å²) in [5, 5.41) is 3.36. The maximum atomic E-state index is 12.4. The number of rotatable bonds is 3. The summed E-state index contributed by atoms with van der Waals surface area (Å²) in [6, 6.07) is 5.79. The molecule has 0 aliphatic carbocycles. The molecule has 2 nitrogen and oxygen atoms in total. The molecule has 18 heavy (non-hydrogen) atoms. The third-order valence-corrected chi connectivity index (χ3v) is 3.27. The number of benzene rings is 1. The first-order valence-electron chi connectivity index (χ1n) is 6.03. The van der Waals surface area contributed by atoms with Gasteiger partial charge in [-0.2, -0.15) is 13.2 Å². The van der Waals surface area contributed by atoms with E-state index in [1.165, 1.54) is 12.1 Å². The third kappa shape index (κ3) is 3.46. The summed E-state index contributed by atoms with van der Waals surface area (Å²) in [6.07, 6.45) is -3.16. The summed E-state index contributed by atoms with van der Waals surface area (Å²) in [5.74, 6) is 0. The number of likely N-dealkylation sites (N-methyl/N-ethyl adjacent to an activating group) is 1. The molecule has 0 saturated carbocycles. The largest absolute Gasteiger partial charge is 0.416 e. The number of alkyl halides is 3. The van der Waals surface area contributed by atoms with Crippen LogP contribution in [0.25, 0.3) is 0 Å². The van der Waals surface area contributed by atoms with Crippen molar-refractivity contribution in [3.63, 3.8) is 0 Å². The van der Waals surface area contributed by atoms with Crippen molar-refractivity contribution < 1.29 is 13.2 Å². The summed E-state index contributed by atoms with van der Waals surface area (Å²) in [4.78, 5) is 2.24. The van der Waals surface area contributed by atoms with Gasteiger partial charge in [0.2, 0.25) is 0 Å². The Morgan fingerprint density at radius 3 is 2.44 bits per heavy atom. The molecule has 100 valence electrons. The van der Waals surface area contributed by atoms with Crippen LogP contribution in [0, 0.1) is 0 Å². The van der Waals surface area contributed by atoms with Gasteiger partial charge in [0.05, 0.1) is 5.56 Å². The number of nitrogens with one attached hydrogen (secondary N) is 1. The van der Waals surface area contributed by atoms with Gasteiger partial charge in [-0.1, -0.05) is 12.1 Å². The fraction of sp³-hybridized carbons (Fsp3) is 0.538. The fourth-order valence-corrected chi connectivity index (χ4v) is 2.18. The van der Waals surface area contributed by atoms with E-state index >= 15 is 0 Å². The van der Waals surface area contributed by atoms with Crippen molar-refractivity contribution in [3.05, 3.63) is 35.4 Å². The summed E-state index contributed by atoms with van der Waals surface area (Å²) in [5.41, 5.74) is 0.296. The van der Waals surface area contributed by atoms with E-state index in [2.05, 4.69) is 17.3 Å². The molecule has 0 aromatic heterocycles. The monoisotopic (exact) mass is 258 g/mol. The minimum absolute atomic E-state index is 0.442. The lowest BCUT2D eigenvalue weighted by molar-refractivity contribution is -0.137. The minimum atomic E-state index is -4.25. The molecule has 1 heterocycles. The average molecular weight is 258 g/mol. The van der Waals surface area contributed by atoms with Crippen molar-refractivity contribution >= 4 is 0 Å². The molecule has 1 unspecified atom stereocenters. The average Bonchev–Trinajstić information content (AvgIpc) is 2.72. The van der Waals surface area contributed by atoms with Crippen LogP contribution in [0.3, 0.4) is 0 Å². The summed E-state index contributed by atoms with van der Waals surface area (Å²) >= 11 is 0. The number of likely N-dealkylation sites (tertiary alicyclic amines) is 1. The van der Waals surface area contributed by atoms with Crippen LogP contribution >= 0.6 is 0 Å². The Kier molecular flexibility index (Phi) is 3.92. The van der Waals surface area contributed by atoms with Crippen LogP contribution in [0.1, 0.15) is 17.5 Å². The van der Waals surface area contributed by atoms with Crippen molar-refractivity contribution in [1.29, 1.82) is 0 Å². The third-order valence-electron chi connectivity index (χ3n) is 3.27. The highest BCUT2D eigenvalue weighted by atomic mass is 19.4. The second kappa shape index (κ2) is 5.28. The molecule has 1 atom stereocenters. The lowest BCUT2D eigenvalue weighted by Gasteiger charge is -2.13. The van der Waals surface area contributed by atoms with Gasteiger partial charge in [-0.25, -0.2) is 0 Å². The Balaban J connectivity index is 1.87. The normalized spacial score (nSPS) is 21.4. The van der Waals surface area contributed by atoms with E-state index in [1.807, 2.05) is 0 Å². The van der Waals surface area contributed by atoms with E-state index in [9.17, 15) is 13.2 Å². The molecule has 5 heteroatoms. The maximum absolute atomic E-state index is 12.4. The predicted octanol–water partition coefficient (Wildman–Crippen LogP) is 2.50. The topological polar surface area (TPSA) is 15.3 Å². The van der Waals surface area contributed by atoms with Crippen LogP contribution in [0.4, 0.5) is 13.2 Å². The van der Waals surface area contributed by atoms with Crippen LogP contribution in [0.15, 0.2) is 24.3 Å². The Hall–Kier alpha value is -1.07. The van der Waals surface area contributed by atoms with Crippen molar-refractivity contribution in [1.82, 2.24) is 10.2 Å². The van der Waals surface area contributed by atoms with Gasteiger partial charge in [-0.3, -0.25) is 0 Å². The number of nitrogens with zero attached hydrogens (tertiary/aromatic N) is 1. The Morgan fingerprint density at radius 1 is 1.28 bits per heavy atom. The standard InChI is InChI=1S/C13H17F3N2/c1-18-7-6-12(9-18)17-8-10-2-4-11(5-3-10)13(14,15)16/h2-5,12,17H,6-9H2,1H3. The van der Waals surface area contributed by atoms with E-state index in [4.69, 9.17) is 0 Å². The SMILES string of the molecule is CN1CCC(NCc2ccc(C(F)(F)F)cc2)C1. The quantitative estimate of drug-likeness (QED) is 0.896. The highest BCUT2D eigenvalue weighted by Gasteiger charge is 2.29. The van der Waals surface area contributed by atoms with Gasteiger partial charge >= 0.3 is 6.18 Å². The van der Waals surface area contributed by atoms with Crippen LogP contribution in [-0.4, -0.2) is 31.1 Å². The second-order valence-corrected chi connectivity index (χ2v) is 4.82. The molecule has 1 N–H and O–H groups in total. The summed E-state index contributed by atoms with van der Waals surface area (Å²) < 4.78 is 37.1. The predicted molar refractivity (Wildman–Crippen MR) is 64.2 cm³/mol. The molecule has 1 saturated heterocycles. The van der Waals surface area contributed by atoms with E-state index in [0.29, 0.717) is 12.6 Å². The molecule has 0 amide bonds. The lowest BCUT2D eigenvalue weighted by atomic mass is 10.1. The van der Waals surface area contributed by atoms with Crippen molar-refractivity contribution in [3.8, 4) is 0 Å². The molecule has 1 aromatic rings. The zero-order valence-corrected chi connectivity index (χ0v) is 10.3. The second-order valence-electron chi connectivity index (χ2n) is 4.82. The van der Waals surface area contributed by atoms with Gasteiger partial charge in [0.1, 0.15) is 0 Å². The molecule has 1 fully saturated rings. The van der Waals surface area contributed by atoms with E-state index in [0.717, 1.165) is 37.2 Å². The number of hydrogen-bond acceptors (Lipinski definition) is 2. The molecule has 2 rings (SSSR count). The van der Waals surface area contributed by atoms with Crippen LogP contribution < -0.4 is 5.32 Å². The fourth-order valence-electron chi connectivity index (χ4n) is 2.18. The van der Waals surface area contributed by atoms with Crippen LogP contribution in [0.5, 0.6) is 0 Å². The van der Waals surface area contributed by atoms with Crippen LogP contribution in [0.2, 0.25) is 0 Å². The van der Waals surface area contributed by atoms with Crippen molar-refractivity contribution in [2.45, 2.75) is 25.2 Å². The molecular formula is C13H17F3N2. The molecular weight excluding hydrogens is 241 g/mol. The lowest BCUT2D eigenvalue weighted by Crippen LogP contribution is -2.30. The summed E-state index contributed by atoms with van der Waals surface area (Å²) in [6.45, 7) is 2.70. The van der Waals surface area contributed by atoms with Crippen molar-refractivity contribution in [2.24, 2.45) is 0 Å². The van der Waals surface area contributed by atoms with E-state index in [-0.39, 0.29) is 0 Å². The smallest absolute Gasteiger partial charge is 0.309 e. The first-order valence-corrected chi connectivity index (χ1v) is 6.03. The van der Waals surface area contributed by atoms with Crippen LogP contribution in [-0.2, 0) is 12.7 Å². The minimum Gasteiger partial charge on any atom is -0.309 e. The molecule has 1 aliphatic rings. The highest BCUT2D eigenvalue weighted by molar-refractivity contribution is 5.24. The molecule has 0 spiro atoms. The Labute approximate surface area is 105 Å². The molecule has 1 aromatic carbocycles. The molecule has 1 aliphatic heterocycles. The Bertz CT molecular complexity index is 386. The van der Waals surface area contributed by atoms with Gasteiger partial charge < -0.3 is 10.2 Å². The summed E-state index contributed by atoms with van der Waals surface area (Å²) in [7, 11) is 2.07. The van der Waals surface area contributed by atoms with Gasteiger partial charge in [0, 0.05) is 19.1 Å². The zero-order valence-electron chi connectivity index (χ0n) is 10.3. The van der Waals surface area contributed by atoms with Gasteiger partial charge in [0.25, 0.3) is 0 Å². The van der Waals surface area contributed by atoms with Gasteiger partial charge in [0.15, 0.2) is 0 Å².